The van der Waals surface area contributed by atoms with Gasteiger partial charge in [-0.3, -0.25) is 4.68 Å². The zero-order valence-corrected chi connectivity index (χ0v) is 22.3. The highest BCUT2D eigenvalue weighted by molar-refractivity contribution is 5.83. The Morgan fingerprint density at radius 2 is 1.83 bits per heavy atom. The Hall–Kier alpha value is -3.36. The lowest BCUT2D eigenvalue weighted by atomic mass is 9.96. The van der Waals surface area contributed by atoms with Crippen molar-refractivity contribution < 1.29 is 14.1 Å². The van der Waals surface area contributed by atoms with Gasteiger partial charge in [0.2, 0.25) is 11.7 Å². The van der Waals surface area contributed by atoms with Gasteiger partial charge in [0.05, 0.1) is 17.8 Å². The third-order valence-corrected chi connectivity index (χ3v) is 6.54. The fourth-order valence-electron chi connectivity index (χ4n) is 4.58. The van der Waals surface area contributed by atoms with E-state index < -0.39 is 5.60 Å². The number of piperidine rings is 1. The van der Waals surface area contributed by atoms with Crippen molar-refractivity contribution in [1.82, 2.24) is 29.7 Å². The molecule has 4 heterocycles. The van der Waals surface area contributed by atoms with Gasteiger partial charge in [0.15, 0.2) is 0 Å². The van der Waals surface area contributed by atoms with Crippen molar-refractivity contribution in [1.29, 1.82) is 0 Å². The fraction of sp³-hybridized carbons (Fsp3) is 0.556. The Morgan fingerprint density at radius 3 is 2.47 bits per heavy atom. The fourth-order valence-corrected chi connectivity index (χ4v) is 4.58. The smallest absolute Gasteiger partial charge is 0.410 e. The number of rotatable bonds is 4. The van der Waals surface area contributed by atoms with Crippen LogP contribution in [0.4, 0.5) is 4.79 Å². The SMILES string of the molecule is C=C(C)N1CCC(c2nc(-c3ccc4cnn(C5CN(C(=O)OC(C)(C)C)C5)c4c3)no2)CC1.CC. The second kappa shape index (κ2) is 10.3. The van der Waals surface area contributed by atoms with Crippen LogP contribution in [0.2, 0.25) is 0 Å². The summed E-state index contributed by atoms with van der Waals surface area (Å²) in [7, 11) is 0. The number of carbonyl (C=O) groups excluding carboxylic acids is 1. The van der Waals surface area contributed by atoms with Crippen LogP contribution in [0.25, 0.3) is 22.3 Å². The molecule has 9 heteroatoms. The van der Waals surface area contributed by atoms with Crippen molar-refractivity contribution in [2.24, 2.45) is 0 Å². The normalized spacial score (nSPS) is 16.9. The number of fused-ring (bicyclic) bond motifs is 1. The summed E-state index contributed by atoms with van der Waals surface area (Å²) in [6.07, 6.45) is 3.53. The lowest BCUT2D eigenvalue weighted by molar-refractivity contribution is 0.000158. The van der Waals surface area contributed by atoms with E-state index >= 15 is 0 Å². The summed E-state index contributed by atoms with van der Waals surface area (Å²) in [4.78, 5) is 21.0. The van der Waals surface area contributed by atoms with Gasteiger partial charge in [0.25, 0.3) is 0 Å². The number of hydrogen-bond donors (Lipinski definition) is 0. The van der Waals surface area contributed by atoms with Gasteiger partial charge in [-0.05, 0) is 46.6 Å². The van der Waals surface area contributed by atoms with Crippen molar-refractivity contribution in [3.8, 4) is 11.4 Å². The third-order valence-electron chi connectivity index (χ3n) is 6.54. The summed E-state index contributed by atoms with van der Waals surface area (Å²) >= 11 is 0. The predicted molar refractivity (Wildman–Crippen MR) is 140 cm³/mol. The molecule has 5 rings (SSSR count). The molecule has 0 atom stereocenters. The van der Waals surface area contributed by atoms with E-state index in [4.69, 9.17) is 14.2 Å². The highest BCUT2D eigenvalue weighted by atomic mass is 16.6. The summed E-state index contributed by atoms with van der Waals surface area (Å²) in [5.74, 6) is 1.58. The monoisotopic (exact) mass is 494 g/mol. The molecule has 194 valence electrons. The molecule has 2 saturated heterocycles. The van der Waals surface area contributed by atoms with Crippen LogP contribution in [0, 0.1) is 0 Å². The summed E-state index contributed by atoms with van der Waals surface area (Å²) in [5.41, 5.74) is 2.50. The first-order valence-corrected chi connectivity index (χ1v) is 12.9. The maximum absolute atomic E-state index is 12.3. The van der Waals surface area contributed by atoms with Crippen molar-refractivity contribution in [3.05, 3.63) is 42.6 Å². The number of carbonyl (C=O) groups is 1. The topological polar surface area (TPSA) is 89.5 Å². The van der Waals surface area contributed by atoms with Crippen LogP contribution >= 0.6 is 0 Å². The highest BCUT2D eigenvalue weighted by Crippen LogP contribution is 2.32. The summed E-state index contributed by atoms with van der Waals surface area (Å²) in [6.45, 7) is 18.8. The largest absolute Gasteiger partial charge is 0.444 e. The van der Waals surface area contributed by atoms with Crippen molar-refractivity contribution in [2.45, 2.75) is 71.9 Å². The molecule has 0 saturated carbocycles. The van der Waals surface area contributed by atoms with Crippen LogP contribution in [-0.4, -0.2) is 67.6 Å². The number of benzene rings is 1. The van der Waals surface area contributed by atoms with E-state index in [0.29, 0.717) is 24.8 Å². The van der Waals surface area contributed by atoms with E-state index in [1.54, 1.807) is 4.90 Å². The van der Waals surface area contributed by atoms with Crippen LogP contribution in [0.5, 0.6) is 0 Å². The number of nitrogens with zero attached hydrogens (tertiary/aromatic N) is 6. The quantitative estimate of drug-likeness (QED) is 0.465. The molecule has 1 amide bonds. The average molecular weight is 495 g/mol. The molecule has 2 aliphatic rings. The Bertz CT molecular complexity index is 1210. The highest BCUT2D eigenvalue weighted by Gasteiger charge is 2.36. The third kappa shape index (κ3) is 5.39. The molecule has 0 spiro atoms. The lowest BCUT2D eigenvalue weighted by Gasteiger charge is -2.39. The molecule has 2 aromatic heterocycles. The standard InChI is InChI=1S/C25H32N6O3.C2H6/c1-16(2)29-10-8-17(9-11-29)23-27-22(28-34-23)18-6-7-19-13-26-31(21(19)12-18)20-14-30(15-20)24(32)33-25(3,4)5;1-2/h6-7,12-13,17,20H,1,8-11,14-15H2,2-5H3;1-2H3. The first-order chi connectivity index (χ1) is 17.2. The van der Waals surface area contributed by atoms with Gasteiger partial charge in [0.1, 0.15) is 5.60 Å². The van der Waals surface area contributed by atoms with E-state index in [-0.39, 0.29) is 18.1 Å². The summed E-state index contributed by atoms with van der Waals surface area (Å²) in [5, 5.41) is 9.89. The van der Waals surface area contributed by atoms with E-state index in [2.05, 4.69) is 27.8 Å². The van der Waals surface area contributed by atoms with Crippen LogP contribution in [0.3, 0.4) is 0 Å². The predicted octanol–water partition coefficient (Wildman–Crippen LogP) is 5.62. The van der Waals surface area contributed by atoms with Gasteiger partial charge in [-0.25, -0.2) is 4.79 Å². The van der Waals surface area contributed by atoms with Crippen molar-refractivity contribution >= 4 is 17.0 Å². The second-order valence-electron chi connectivity index (χ2n) is 10.4. The Balaban J connectivity index is 0.00000148. The van der Waals surface area contributed by atoms with Crippen molar-refractivity contribution in [2.75, 3.05) is 26.2 Å². The van der Waals surface area contributed by atoms with Gasteiger partial charge in [-0.2, -0.15) is 10.1 Å². The van der Waals surface area contributed by atoms with E-state index in [0.717, 1.165) is 48.1 Å². The number of allylic oxidation sites excluding steroid dienone is 1. The molecule has 0 radical (unpaired) electrons. The maximum atomic E-state index is 12.3. The molecule has 36 heavy (non-hydrogen) atoms. The molecule has 2 fully saturated rings. The molecule has 2 aliphatic heterocycles. The number of amides is 1. The second-order valence-corrected chi connectivity index (χ2v) is 10.4. The van der Waals surface area contributed by atoms with Crippen molar-refractivity contribution in [3.63, 3.8) is 0 Å². The first-order valence-electron chi connectivity index (χ1n) is 12.9. The molecular formula is C27H38N6O3. The van der Waals surface area contributed by atoms with Gasteiger partial charge >= 0.3 is 6.09 Å². The van der Waals surface area contributed by atoms with E-state index in [9.17, 15) is 4.79 Å². The number of likely N-dealkylation sites (tertiary alicyclic amines) is 2. The Morgan fingerprint density at radius 1 is 1.14 bits per heavy atom. The molecule has 1 aromatic carbocycles. The van der Waals surface area contributed by atoms with E-state index in [1.165, 1.54) is 0 Å². The van der Waals surface area contributed by atoms with Gasteiger partial charge in [0, 0.05) is 48.7 Å². The number of hydrogen-bond acceptors (Lipinski definition) is 7. The van der Waals surface area contributed by atoms with Crippen LogP contribution < -0.4 is 0 Å². The zero-order valence-electron chi connectivity index (χ0n) is 22.3. The maximum Gasteiger partial charge on any atom is 0.410 e. The van der Waals surface area contributed by atoms with E-state index in [1.807, 2.05) is 64.6 Å². The van der Waals surface area contributed by atoms with Gasteiger partial charge in [-0.1, -0.05) is 37.7 Å². The summed E-state index contributed by atoms with van der Waals surface area (Å²) in [6, 6.07) is 6.19. The minimum atomic E-state index is -0.499. The number of aromatic nitrogens is 4. The lowest BCUT2D eigenvalue weighted by Crippen LogP contribution is -2.52. The molecule has 0 aliphatic carbocycles. The Kier molecular flexibility index (Phi) is 7.38. The molecule has 9 nitrogen and oxygen atoms in total. The average Bonchev–Trinajstić information content (AvgIpc) is 3.46. The van der Waals surface area contributed by atoms with Crippen LogP contribution in [-0.2, 0) is 4.74 Å². The first kappa shape index (κ1) is 25.7. The zero-order chi connectivity index (χ0) is 26.0. The minimum Gasteiger partial charge on any atom is -0.444 e. The molecule has 0 N–H and O–H groups in total. The molecule has 3 aromatic rings. The van der Waals surface area contributed by atoms with Crippen LogP contribution in [0.1, 0.15) is 72.2 Å². The Labute approximate surface area is 213 Å². The van der Waals surface area contributed by atoms with Gasteiger partial charge < -0.3 is 19.1 Å². The summed E-state index contributed by atoms with van der Waals surface area (Å²) < 4.78 is 13.1. The molecular weight excluding hydrogens is 456 g/mol. The van der Waals surface area contributed by atoms with Crippen LogP contribution in [0.15, 0.2) is 41.2 Å². The number of ether oxygens (including phenoxy) is 1. The molecule has 0 bridgehead atoms. The minimum absolute atomic E-state index is 0.111. The molecule has 0 unspecified atom stereocenters. The van der Waals surface area contributed by atoms with Gasteiger partial charge in [-0.15, -0.1) is 0 Å².